The maximum atomic E-state index is 12.7. The Hall–Kier alpha value is -4.69. The highest BCUT2D eigenvalue weighted by molar-refractivity contribution is 7.80. The summed E-state index contributed by atoms with van der Waals surface area (Å²) < 4.78 is 11.5. The van der Waals surface area contributed by atoms with Gasteiger partial charge in [-0.05, 0) is 60.2 Å². The van der Waals surface area contributed by atoms with Crippen LogP contribution in [-0.2, 0) is 6.61 Å². The average Bonchev–Trinajstić information content (AvgIpc) is 3.32. The van der Waals surface area contributed by atoms with E-state index >= 15 is 0 Å². The van der Waals surface area contributed by atoms with Crippen molar-refractivity contribution in [2.75, 3.05) is 5.32 Å². The minimum Gasteiger partial charge on any atom is -0.507 e. The number of thiocarbonyl (C=S) groups is 1. The molecule has 0 atom stereocenters. The number of carbonyl (C=O) groups excluding carboxylic acids is 1. The number of fused-ring (bicyclic) bond motifs is 1. The van der Waals surface area contributed by atoms with Gasteiger partial charge in [-0.25, -0.2) is 4.98 Å². The molecule has 7 nitrogen and oxygen atoms in total. The number of amides is 1. The van der Waals surface area contributed by atoms with Crippen molar-refractivity contribution in [1.29, 1.82) is 0 Å². The molecular weight excluding hydrogens is 474 g/mol. The second-order valence-electron chi connectivity index (χ2n) is 7.93. The van der Waals surface area contributed by atoms with Gasteiger partial charge in [0.15, 0.2) is 10.7 Å². The van der Waals surface area contributed by atoms with Crippen molar-refractivity contribution in [2.45, 2.75) is 6.61 Å². The number of oxazole rings is 1. The number of phenols is 1. The molecule has 5 rings (SSSR count). The number of nitrogens with zero attached hydrogens (tertiary/aromatic N) is 1. The number of benzene rings is 4. The molecule has 36 heavy (non-hydrogen) atoms. The van der Waals surface area contributed by atoms with E-state index in [0.29, 0.717) is 46.2 Å². The molecule has 1 heterocycles. The van der Waals surface area contributed by atoms with Crippen LogP contribution < -0.4 is 15.4 Å². The van der Waals surface area contributed by atoms with Crippen molar-refractivity contribution in [3.05, 3.63) is 108 Å². The first-order valence-electron chi connectivity index (χ1n) is 11.1. The number of carbonyl (C=O) groups is 1. The van der Waals surface area contributed by atoms with Gasteiger partial charge >= 0.3 is 0 Å². The van der Waals surface area contributed by atoms with Gasteiger partial charge in [-0.2, -0.15) is 0 Å². The molecular formula is C28H21N3O4S. The van der Waals surface area contributed by atoms with Gasteiger partial charge in [0.05, 0.1) is 5.56 Å². The van der Waals surface area contributed by atoms with Crippen LogP contribution in [0.15, 0.2) is 101 Å². The highest BCUT2D eigenvalue weighted by Gasteiger charge is 2.14. The predicted molar refractivity (Wildman–Crippen MR) is 142 cm³/mol. The molecule has 0 spiro atoms. The molecule has 0 aliphatic carbocycles. The highest BCUT2D eigenvalue weighted by atomic mass is 32.1. The number of aromatic hydroxyl groups is 1. The minimum atomic E-state index is -0.384. The Morgan fingerprint density at radius 3 is 2.56 bits per heavy atom. The quantitative estimate of drug-likeness (QED) is 0.252. The van der Waals surface area contributed by atoms with Crippen LogP contribution in [0.4, 0.5) is 5.69 Å². The number of aromatic nitrogens is 1. The third-order valence-corrected chi connectivity index (χ3v) is 5.56. The number of hydrogen-bond donors (Lipinski definition) is 3. The fourth-order valence-corrected chi connectivity index (χ4v) is 3.79. The number of phenolic OH excluding ortho intramolecular Hbond substituents is 1. The summed E-state index contributed by atoms with van der Waals surface area (Å²) in [5.41, 5.74) is 3.71. The van der Waals surface area contributed by atoms with E-state index in [1.165, 1.54) is 6.07 Å². The van der Waals surface area contributed by atoms with Crippen LogP contribution in [0.1, 0.15) is 15.9 Å². The lowest BCUT2D eigenvalue weighted by atomic mass is 10.2. The number of ether oxygens (including phenoxy) is 1. The van der Waals surface area contributed by atoms with Crippen molar-refractivity contribution >= 4 is 40.0 Å². The number of nitrogens with one attached hydrogen (secondary N) is 2. The molecule has 0 saturated carbocycles. The number of para-hydroxylation sites is 2. The van der Waals surface area contributed by atoms with Crippen molar-refractivity contribution < 1.29 is 19.1 Å². The Morgan fingerprint density at radius 2 is 1.75 bits per heavy atom. The van der Waals surface area contributed by atoms with Gasteiger partial charge in [-0.1, -0.05) is 48.5 Å². The maximum absolute atomic E-state index is 12.7. The Bertz CT molecular complexity index is 1520. The van der Waals surface area contributed by atoms with E-state index in [4.69, 9.17) is 21.4 Å². The van der Waals surface area contributed by atoms with Crippen LogP contribution in [0, 0.1) is 0 Å². The van der Waals surface area contributed by atoms with Gasteiger partial charge in [0.25, 0.3) is 5.91 Å². The summed E-state index contributed by atoms with van der Waals surface area (Å²) in [7, 11) is 0. The normalized spacial score (nSPS) is 10.7. The first-order chi connectivity index (χ1) is 17.5. The standard InChI is InChI=1S/C28H21N3O4S/c32-24-16-20(13-14-22(24)27-30-23-11-4-5-12-25(23)35-27)29-28(36)31-26(33)19-9-6-10-21(15-19)34-17-18-7-2-1-3-8-18/h1-16,32H,17H2,(H2,29,31,33,36). The first-order valence-corrected chi connectivity index (χ1v) is 11.5. The molecule has 0 aliphatic rings. The molecule has 0 saturated heterocycles. The van der Waals surface area contributed by atoms with Gasteiger partial charge in [-0.15, -0.1) is 0 Å². The predicted octanol–water partition coefficient (Wildman–Crippen LogP) is 5.91. The van der Waals surface area contributed by atoms with Crippen LogP contribution in [0.3, 0.4) is 0 Å². The lowest BCUT2D eigenvalue weighted by molar-refractivity contribution is 0.0977. The van der Waals surface area contributed by atoms with Gasteiger partial charge in [0, 0.05) is 17.3 Å². The molecule has 0 bridgehead atoms. The zero-order valence-electron chi connectivity index (χ0n) is 19.0. The molecule has 0 aliphatic heterocycles. The number of rotatable bonds is 6. The van der Waals surface area contributed by atoms with Crippen molar-refractivity contribution in [2.24, 2.45) is 0 Å². The molecule has 0 radical (unpaired) electrons. The summed E-state index contributed by atoms with van der Waals surface area (Å²) in [4.78, 5) is 17.1. The van der Waals surface area contributed by atoms with Gasteiger partial charge in [-0.3, -0.25) is 10.1 Å². The monoisotopic (exact) mass is 495 g/mol. The van der Waals surface area contributed by atoms with Crippen molar-refractivity contribution in [3.63, 3.8) is 0 Å². The summed E-state index contributed by atoms with van der Waals surface area (Å²) in [5, 5.41) is 16.2. The highest BCUT2D eigenvalue weighted by Crippen LogP contribution is 2.33. The molecule has 3 N–H and O–H groups in total. The van der Waals surface area contributed by atoms with Crippen molar-refractivity contribution in [1.82, 2.24) is 10.3 Å². The van der Waals surface area contributed by atoms with E-state index in [-0.39, 0.29) is 16.8 Å². The van der Waals surface area contributed by atoms with E-state index in [1.807, 2.05) is 54.6 Å². The Balaban J connectivity index is 1.21. The molecule has 1 aromatic heterocycles. The van der Waals surface area contributed by atoms with Crippen LogP contribution in [-0.4, -0.2) is 21.1 Å². The third kappa shape index (κ3) is 5.34. The molecule has 1 amide bonds. The second kappa shape index (κ2) is 10.3. The first kappa shape index (κ1) is 23.1. The smallest absolute Gasteiger partial charge is 0.257 e. The van der Waals surface area contributed by atoms with Crippen molar-refractivity contribution in [3.8, 4) is 23.0 Å². The summed E-state index contributed by atoms with van der Waals surface area (Å²) in [6.45, 7) is 0.398. The second-order valence-corrected chi connectivity index (χ2v) is 8.34. The summed E-state index contributed by atoms with van der Waals surface area (Å²) in [6.07, 6.45) is 0. The largest absolute Gasteiger partial charge is 0.507 e. The fourth-order valence-electron chi connectivity index (χ4n) is 3.58. The maximum Gasteiger partial charge on any atom is 0.257 e. The van der Waals surface area contributed by atoms with E-state index in [2.05, 4.69) is 15.6 Å². The molecule has 178 valence electrons. The number of anilines is 1. The van der Waals surface area contributed by atoms with Gasteiger partial charge < -0.3 is 19.6 Å². The fraction of sp³-hybridized carbons (Fsp3) is 0.0357. The molecule has 8 heteroatoms. The van der Waals surface area contributed by atoms with Crippen LogP contribution in [0.25, 0.3) is 22.6 Å². The van der Waals surface area contributed by atoms with Crippen LogP contribution in [0.5, 0.6) is 11.5 Å². The average molecular weight is 496 g/mol. The van der Waals surface area contributed by atoms with E-state index in [9.17, 15) is 9.90 Å². The topological polar surface area (TPSA) is 96.6 Å². The zero-order chi connectivity index (χ0) is 24.9. The zero-order valence-corrected chi connectivity index (χ0v) is 19.8. The summed E-state index contributed by atoms with van der Waals surface area (Å²) >= 11 is 5.29. The van der Waals surface area contributed by atoms with Gasteiger partial charge in [0.2, 0.25) is 5.89 Å². The molecule has 4 aromatic carbocycles. The van der Waals surface area contributed by atoms with Gasteiger partial charge in [0.1, 0.15) is 23.6 Å². The van der Waals surface area contributed by atoms with Crippen LogP contribution >= 0.6 is 12.2 Å². The third-order valence-electron chi connectivity index (χ3n) is 5.35. The van der Waals surface area contributed by atoms with E-state index < -0.39 is 0 Å². The van der Waals surface area contributed by atoms with E-state index in [1.54, 1.807) is 36.4 Å². The Labute approximate surface area is 212 Å². The van der Waals surface area contributed by atoms with Crippen LogP contribution in [0.2, 0.25) is 0 Å². The molecule has 0 unspecified atom stereocenters. The molecule has 0 fully saturated rings. The number of hydrogen-bond acceptors (Lipinski definition) is 6. The van der Waals surface area contributed by atoms with E-state index in [0.717, 1.165) is 5.56 Å². The summed E-state index contributed by atoms with van der Waals surface area (Å²) in [6, 6.07) is 28.9. The Kier molecular flexibility index (Phi) is 6.59. The minimum absolute atomic E-state index is 0.0380. The molecule has 5 aromatic rings. The SMILES string of the molecule is O=C(NC(=S)Nc1ccc(-c2nc3ccccc3o2)c(O)c1)c1cccc(OCc2ccccc2)c1. The lowest BCUT2D eigenvalue weighted by Gasteiger charge is -2.12. The summed E-state index contributed by atoms with van der Waals surface area (Å²) in [5.74, 6) is 0.463. The Morgan fingerprint density at radius 1 is 0.944 bits per heavy atom. The lowest BCUT2D eigenvalue weighted by Crippen LogP contribution is -2.34.